The van der Waals surface area contributed by atoms with Gasteiger partial charge in [0.15, 0.2) is 0 Å². The molecule has 3 N–H and O–H groups in total. The number of pyridine rings is 1. The Labute approximate surface area is 120 Å². The highest BCUT2D eigenvalue weighted by atomic mass is 16.1. The smallest absolute Gasteiger partial charge is 0.251 e. The van der Waals surface area contributed by atoms with Crippen molar-refractivity contribution in [1.82, 2.24) is 15.2 Å². The van der Waals surface area contributed by atoms with Gasteiger partial charge in [0.2, 0.25) is 0 Å². The van der Waals surface area contributed by atoms with E-state index in [1.54, 1.807) is 18.3 Å². The largest absolute Gasteiger partial charge is 0.351 e. The van der Waals surface area contributed by atoms with Crippen molar-refractivity contribution < 1.29 is 4.79 Å². The third-order valence-electron chi connectivity index (χ3n) is 4.16. The number of hydrogen-bond donors (Lipinski definition) is 2. The molecular weight excluding hydrogens is 252 g/mol. The van der Waals surface area contributed by atoms with Crippen molar-refractivity contribution in [2.24, 2.45) is 11.1 Å². The van der Waals surface area contributed by atoms with E-state index in [4.69, 9.17) is 5.73 Å². The van der Waals surface area contributed by atoms with Gasteiger partial charge >= 0.3 is 0 Å². The van der Waals surface area contributed by atoms with E-state index in [0.29, 0.717) is 12.1 Å². The number of piperidine rings is 1. The van der Waals surface area contributed by atoms with Crippen LogP contribution in [0.1, 0.15) is 35.8 Å². The fourth-order valence-corrected chi connectivity index (χ4v) is 2.46. The van der Waals surface area contributed by atoms with E-state index in [2.05, 4.69) is 29.2 Å². The molecule has 1 aromatic rings. The van der Waals surface area contributed by atoms with Crippen LogP contribution >= 0.6 is 0 Å². The summed E-state index contributed by atoms with van der Waals surface area (Å²) < 4.78 is 0. The SMILES string of the molecule is CN1CCC(C)(CNC(=O)c2ccnc(CN)c2)CC1. The summed E-state index contributed by atoms with van der Waals surface area (Å²) >= 11 is 0. The molecule has 0 atom stereocenters. The third kappa shape index (κ3) is 3.77. The van der Waals surface area contributed by atoms with Gasteiger partial charge in [-0.15, -0.1) is 0 Å². The summed E-state index contributed by atoms with van der Waals surface area (Å²) in [7, 11) is 2.14. The molecule has 5 heteroatoms. The van der Waals surface area contributed by atoms with Crippen molar-refractivity contribution in [1.29, 1.82) is 0 Å². The van der Waals surface area contributed by atoms with Gasteiger partial charge < -0.3 is 16.0 Å². The van der Waals surface area contributed by atoms with Gasteiger partial charge in [-0.05, 0) is 50.5 Å². The summed E-state index contributed by atoms with van der Waals surface area (Å²) in [5, 5.41) is 3.05. The molecule has 20 heavy (non-hydrogen) atoms. The number of carbonyl (C=O) groups is 1. The normalized spacial score (nSPS) is 18.8. The lowest BCUT2D eigenvalue weighted by atomic mass is 9.80. The first-order valence-corrected chi connectivity index (χ1v) is 7.14. The third-order valence-corrected chi connectivity index (χ3v) is 4.16. The Morgan fingerprint density at radius 2 is 2.20 bits per heavy atom. The van der Waals surface area contributed by atoms with Crippen molar-refractivity contribution >= 4 is 5.91 Å². The predicted octanol–water partition coefficient (Wildman–Crippen LogP) is 1.00. The van der Waals surface area contributed by atoms with Crippen molar-refractivity contribution in [3.8, 4) is 0 Å². The van der Waals surface area contributed by atoms with Crippen molar-refractivity contribution in [2.45, 2.75) is 26.3 Å². The fraction of sp³-hybridized carbons (Fsp3) is 0.600. The van der Waals surface area contributed by atoms with Crippen LogP contribution in [0, 0.1) is 5.41 Å². The average Bonchev–Trinajstić information content (AvgIpc) is 2.48. The van der Waals surface area contributed by atoms with Gasteiger partial charge in [0.25, 0.3) is 5.91 Å². The number of nitrogens with two attached hydrogens (primary N) is 1. The van der Waals surface area contributed by atoms with Crippen LogP contribution in [0.15, 0.2) is 18.3 Å². The number of likely N-dealkylation sites (tertiary alicyclic amines) is 1. The van der Waals surface area contributed by atoms with Crippen molar-refractivity contribution in [3.63, 3.8) is 0 Å². The van der Waals surface area contributed by atoms with E-state index in [1.807, 2.05) is 0 Å². The zero-order valence-corrected chi connectivity index (χ0v) is 12.4. The van der Waals surface area contributed by atoms with Gasteiger partial charge in [-0.1, -0.05) is 6.92 Å². The first-order valence-electron chi connectivity index (χ1n) is 7.14. The quantitative estimate of drug-likeness (QED) is 0.860. The number of nitrogens with zero attached hydrogens (tertiary/aromatic N) is 2. The first-order chi connectivity index (χ1) is 9.52. The Kier molecular flexibility index (Phi) is 4.73. The van der Waals surface area contributed by atoms with E-state index in [0.717, 1.165) is 38.2 Å². The second-order valence-electron chi connectivity index (χ2n) is 6.04. The highest BCUT2D eigenvalue weighted by Gasteiger charge is 2.29. The van der Waals surface area contributed by atoms with Crippen LogP contribution in [0.5, 0.6) is 0 Å². The molecular formula is C15H24N4O. The molecule has 5 nitrogen and oxygen atoms in total. The summed E-state index contributed by atoms with van der Waals surface area (Å²) in [6, 6.07) is 3.48. The Morgan fingerprint density at radius 1 is 1.50 bits per heavy atom. The molecule has 2 heterocycles. The Bertz CT molecular complexity index is 467. The lowest BCUT2D eigenvalue weighted by molar-refractivity contribution is 0.0891. The lowest BCUT2D eigenvalue weighted by Crippen LogP contribution is -2.43. The Hall–Kier alpha value is -1.46. The fourth-order valence-electron chi connectivity index (χ4n) is 2.46. The molecule has 1 aliphatic heterocycles. The summed E-state index contributed by atoms with van der Waals surface area (Å²) in [5.41, 5.74) is 7.12. The van der Waals surface area contributed by atoms with E-state index >= 15 is 0 Å². The lowest BCUT2D eigenvalue weighted by Gasteiger charge is -2.37. The Balaban J connectivity index is 1.91. The number of hydrogen-bond acceptors (Lipinski definition) is 4. The first kappa shape index (κ1) is 14.9. The predicted molar refractivity (Wildman–Crippen MR) is 79.3 cm³/mol. The molecule has 0 spiro atoms. The van der Waals surface area contributed by atoms with Crippen LogP contribution in [-0.2, 0) is 6.54 Å². The number of carbonyl (C=O) groups excluding carboxylic acids is 1. The summed E-state index contributed by atoms with van der Waals surface area (Å²) in [6.07, 6.45) is 3.87. The second-order valence-corrected chi connectivity index (χ2v) is 6.04. The number of aromatic nitrogens is 1. The zero-order valence-electron chi connectivity index (χ0n) is 12.4. The van der Waals surface area contributed by atoms with Gasteiger partial charge in [-0.3, -0.25) is 9.78 Å². The average molecular weight is 276 g/mol. The van der Waals surface area contributed by atoms with Gasteiger partial charge in [0, 0.05) is 24.8 Å². The van der Waals surface area contributed by atoms with Crippen LogP contribution in [0.2, 0.25) is 0 Å². The molecule has 0 unspecified atom stereocenters. The molecule has 1 aromatic heterocycles. The highest BCUT2D eigenvalue weighted by Crippen LogP contribution is 2.29. The maximum absolute atomic E-state index is 12.2. The molecule has 1 amide bonds. The Morgan fingerprint density at radius 3 is 2.85 bits per heavy atom. The molecule has 0 aromatic carbocycles. The van der Waals surface area contributed by atoms with Gasteiger partial charge in [0.1, 0.15) is 0 Å². The van der Waals surface area contributed by atoms with E-state index in [1.165, 1.54) is 0 Å². The summed E-state index contributed by atoms with van der Waals surface area (Å²) in [4.78, 5) is 18.6. The molecule has 1 aliphatic rings. The minimum atomic E-state index is -0.0396. The van der Waals surface area contributed by atoms with E-state index in [-0.39, 0.29) is 11.3 Å². The van der Waals surface area contributed by atoms with E-state index < -0.39 is 0 Å². The van der Waals surface area contributed by atoms with Crippen LogP contribution < -0.4 is 11.1 Å². The summed E-state index contributed by atoms with van der Waals surface area (Å²) in [5.74, 6) is -0.0396. The van der Waals surface area contributed by atoms with E-state index in [9.17, 15) is 4.79 Å². The topological polar surface area (TPSA) is 71.2 Å². The number of rotatable bonds is 4. The standard InChI is InChI=1S/C15H24N4O/c1-15(4-7-19(2)8-5-15)11-18-14(20)12-3-6-17-13(9-12)10-16/h3,6,9H,4-5,7-8,10-11,16H2,1-2H3,(H,18,20). The van der Waals surface area contributed by atoms with Gasteiger partial charge in [-0.2, -0.15) is 0 Å². The zero-order chi connectivity index (χ0) is 14.6. The molecule has 110 valence electrons. The molecule has 2 rings (SSSR count). The maximum atomic E-state index is 12.2. The number of nitrogens with one attached hydrogen (secondary N) is 1. The van der Waals surface area contributed by atoms with Crippen LogP contribution in [0.25, 0.3) is 0 Å². The number of amides is 1. The molecule has 0 bridgehead atoms. The molecule has 0 radical (unpaired) electrons. The van der Waals surface area contributed by atoms with Gasteiger partial charge in [0.05, 0.1) is 5.69 Å². The second kappa shape index (κ2) is 6.33. The molecule has 1 saturated heterocycles. The highest BCUT2D eigenvalue weighted by molar-refractivity contribution is 5.94. The van der Waals surface area contributed by atoms with Crippen LogP contribution in [-0.4, -0.2) is 42.5 Å². The molecule has 0 aliphatic carbocycles. The molecule has 0 saturated carbocycles. The minimum absolute atomic E-state index is 0.0396. The monoisotopic (exact) mass is 276 g/mol. The van der Waals surface area contributed by atoms with Gasteiger partial charge in [-0.25, -0.2) is 0 Å². The molecule has 1 fully saturated rings. The van der Waals surface area contributed by atoms with Crippen LogP contribution in [0.3, 0.4) is 0 Å². The van der Waals surface area contributed by atoms with Crippen molar-refractivity contribution in [3.05, 3.63) is 29.6 Å². The maximum Gasteiger partial charge on any atom is 0.251 e. The summed E-state index contributed by atoms with van der Waals surface area (Å²) in [6.45, 7) is 5.52. The van der Waals surface area contributed by atoms with Crippen LogP contribution in [0.4, 0.5) is 0 Å². The minimum Gasteiger partial charge on any atom is -0.351 e. The van der Waals surface area contributed by atoms with Crippen molar-refractivity contribution in [2.75, 3.05) is 26.7 Å².